The van der Waals surface area contributed by atoms with Crippen molar-refractivity contribution in [2.24, 2.45) is 0 Å². The molecule has 3 aromatic rings. The van der Waals surface area contributed by atoms with Crippen LogP contribution in [0.4, 0.5) is 0 Å². The Morgan fingerprint density at radius 2 is 2.03 bits per heavy atom. The van der Waals surface area contributed by atoms with Crippen molar-refractivity contribution in [3.05, 3.63) is 59.1 Å². The van der Waals surface area contributed by atoms with E-state index in [4.69, 9.17) is 23.2 Å². The van der Waals surface area contributed by atoms with Crippen molar-refractivity contribution in [2.75, 3.05) is 20.1 Å². The number of likely N-dealkylation sites (N-methyl/N-ethyl adjacent to an activating group) is 1. The molecule has 1 aromatic carbocycles. The molecule has 3 heterocycles. The lowest BCUT2D eigenvalue weighted by Crippen LogP contribution is -2.38. The van der Waals surface area contributed by atoms with Crippen LogP contribution in [0, 0.1) is 0 Å². The second-order valence-corrected chi connectivity index (χ2v) is 8.09. The van der Waals surface area contributed by atoms with E-state index >= 15 is 0 Å². The lowest BCUT2D eigenvalue weighted by Gasteiger charge is -2.15. The van der Waals surface area contributed by atoms with Gasteiger partial charge in [-0.3, -0.25) is 9.78 Å². The van der Waals surface area contributed by atoms with E-state index in [0.717, 1.165) is 42.0 Å². The molecular formula is C21H21Cl2N5O. The number of benzene rings is 1. The quantitative estimate of drug-likeness (QED) is 0.670. The van der Waals surface area contributed by atoms with Gasteiger partial charge in [-0.15, -0.1) is 0 Å². The molecule has 0 unspecified atom stereocenters. The van der Waals surface area contributed by atoms with Gasteiger partial charge in [-0.2, -0.15) is 0 Å². The van der Waals surface area contributed by atoms with Crippen LogP contribution in [0.25, 0.3) is 22.5 Å². The number of imidazole rings is 1. The van der Waals surface area contributed by atoms with Gasteiger partial charge < -0.3 is 14.8 Å². The number of nitrogens with zero attached hydrogens (tertiary/aromatic N) is 4. The van der Waals surface area contributed by atoms with Crippen LogP contribution in [0.5, 0.6) is 0 Å². The maximum absolute atomic E-state index is 12.7. The van der Waals surface area contributed by atoms with Gasteiger partial charge in [0.1, 0.15) is 6.54 Å². The molecule has 29 heavy (non-hydrogen) atoms. The molecule has 0 spiro atoms. The zero-order chi connectivity index (χ0) is 20.4. The maximum Gasteiger partial charge on any atom is 0.240 e. The van der Waals surface area contributed by atoms with E-state index in [1.807, 2.05) is 34.9 Å². The Balaban J connectivity index is 1.67. The second-order valence-electron chi connectivity index (χ2n) is 7.25. The SMILES string of the molecule is CN1CC[C@H](NC(=O)Cn2cnc(-c3ccc(Cl)cc3)c2-c2ccncc2Cl)C1. The number of nitrogens with one attached hydrogen (secondary N) is 1. The van der Waals surface area contributed by atoms with Crippen LogP contribution in [-0.4, -0.2) is 51.5 Å². The largest absolute Gasteiger partial charge is 0.350 e. The van der Waals surface area contributed by atoms with E-state index in [0.29, 0.717) is 10.0 Å². The standard InChI is InChI=1S/C21H21Cl2N5O/c1-27-9-7-16(11-27)26-19(29)12-28-13-25-20(14-2-4-15(22)5-3-14)21(28)17-6-8-24-10-18(17)23/h2-6,8,10,13,16H,7,9,11-12H2,1H3,(H,26,29)/t16-/m0/s1. The van der Waals surface area contributed by atoms with Crippen molar-refractivity contribution in [3.8, 4) is 22.5 Å². The van der Waals surface area contributed by atoms with E-state index in [-0.39, 0.29) is 18.5 Å². The highest BCUT2D eigenvalue weighted by Crippen LogP contribution is 2.35. The molecule has 150 valence electrons. The van der Waals surface area contributed by atoms with Gasteiger partial charge in [0.15, 0.2) is 0 Å². The molecule has 1 fully saturated rings. The second kappa shape index (κ2) is 8.53. The normalized spacial score (nSPS) is 16.9. The minimum absolute atomic E-state index is 0.0446. The van der Waals surface area contributed by atoms with Crippen LogP contribution in [0.1, 0.15) is 6.42 Å². The Hall–Kier alpha value is -2.41. The molecule has 4 rings (SSSR count). The summed E-state index contributed by atoms with van der Waals surface area (Å²) >= 11 is 12.5. The van der Waals surface area contributed by atoms with Crippen LogP contribution in [0.15, 0.2) is 49.1 Å². The molecule has 1 amide bonds. The first-order valence-corrected chi connectivity index (χ1v) is 10.2. The summed E-state index contributed by atoms with van der Waals surface area (Å²) in [6, 6.07) is 9.46. The first-order valence-electron chi connectivity index (χ1n) is 9.40. The first kappa shape index (κ1) is 19.9. The Bertz CT molecular complexity index is 1020. The molecule has 8 heteroatoms. The number of halogens is 2. The zero-order valence-corrected chi connectivity index (χ0v) is 17.5. The van der Waals surface area contributed by atoms with Crippen molar-refractivity contribution in [1.29, 1.82) is 0 Å². The Morgan fingerprint density at radius 3 is 2.72 bits per heavy atom. The summed E-state index contributed by atoms with van der Waals surface area (Å²) in [4.78, 5) is 23.6. The van der Waals surface area contributed by atoms with E-state index in [9.17, 15) is 4.79 Å². The lowest BCUT2D eigenvalue weighted by atomic mass is 10.1. The number of amides is 1. The molecule has 1 saturated heterocycles. The molecular weight excluding hydrogens is 409 g/mol. The van der Waals surface area contributed by atoms with E-state index in [1.54, 1.807) is 18.7 Å². The number of hydrogen-bond donors (Lipinski definition) is 1. The zero-order valence-electron chi connectivity index (χ0n) is 16.0. The van der Waals surface area contributed by atoms with Gasteiger partial charge in [0.25, 0.3) is 0 Å². The number of likely N-dealkylation sites (tertiary alicyclic amines) is 1. The molecule has 0 saturated carbocycles. The summed E-state index contributed by atoms with van der Waals surface area (Å²) in [5.41, 5.74) is 3.19. The van der Waals surface area contributed by atoms with Gasteiger partial charge >= 0.3 is 0 Å². The van der Waals surface area contributed by atoms with Gasteiger partial charge in [-0.05, 0) is 38.2 Å². The predicted molar refractivity (Wildman–Crippen MR) is 115 cm³/mol. The van der Waals surface area contributed by atoms with Crippen molar-refractivity contribution < 1.29 is 4.79 Å². The molecule has 1 aliphatic rings. The number of hydrogen-bond acceptors (Lipinski definition) is 4. The van der Waals surface area contributed by atoms with Gasteiger partial charge in [0.05, 0.1) is 22.7 Å². The van der Waals surface area contributed by atoms with Crippen molar-refractivity contribution in [1.82, 2.24) is 24.8 Å². The summed E-state index contributed by atoms with van der Waals surface area (Å²) in [6.07, 6.45) is 5.91. The Labute approximate surface area is 179 Å². The number of pyridine rings is 1. The molecule has 1 atom stereocenters. The summed E-state index contributed by atoms with van der Waals surface area (Å²) in [6.45, 7) is 2.03. The molecule has 6 nitrogen and oxygen atoms in total. The van der Waals surface area contributed by atoms with Crippen LogP contribution >= 0.6 is 23.2 Å². The average Bonchev–Trinajstić information content (AvgIpc) is 3.29. The molecule has 0 radical (unpaired) electrons. The lowest BCUT2D eigenvalue weighted by molar-refractivity contribution is -0.122. The Morgan fingerprint density at radius 1 is 1.24 bits per heavy atom. The van der Waals surface area contributed by atoms with Gasteiger partial charge in [-0.25, -0.2) is 4.98 Å². The van der Waals surface area contributed by atoms with Crippen molar-refractivity contribution in [3.63, 3.8) is 0 Å². The highest BCUT2D eigenvalue weighted by molar-refractivity contribution is 6.33. The molecule has 2 aromatic heterocycles. The van der Waals surface area contributed by atoms with E-state index in [2.05, 4.69) is 27.2 Å². The maximum atomic E-state index is 12.7. The number of carbonyl (C=O) groups is 1. The summed E-state index contributed by atoms with van der Waals surface area (Å²) in [5.74, 6) is -0.0446. The molecule has 0 aliphatic carbocycles. The fourth-order valence-electron chi connectivity index (χ4n) is 3.65. The van der Waals surface area contributed by atoms with Gasteiger partial charge in [0, 0.05) is 41.1 Å². The highest BCUT2D eigenvalue weighted by atomic mass is 35.5. The minimum atomic E-state index is -0.0446. The first-order chi connectivity index (χ1) is 14.0. The van der Waals surface area contributed by atoms with Crippen LogP contribution < -0.4 is 5.32 Å². The number of carbonyl (C=O) groups excluding carboxylic acids is 1. The third-order valence-corrected chi connectivity index (χ3v) is 5.61. The topological polar surface area (TPSA) is 63.1 Å². The minimum Gasteiger partial charge on any atom is -0.350 e. The van der Waals surface area contributed by atoms with Crippen molar-refractivity contribution >= 4 is 29.1 Å². The highest BCUT2D eigenvalue weighted by Gasteiger charge is 2.23. The Kier molecular flexibility index (Phi) is 5.85. The third kappa shape index (κ3) is 4.45. The fraction of sp³-hybridized carbons (Fsp3) is 0.286. The van der Waals surface area contributed by atoms with E-state index < -0.39 is 0 Å². The monoisotopic (exact) mass is 429 g/mol. The van der Waals surface area contributed by atoms with Gasteiger partial charge in [0.2, 0.25) is 5.91 Å². The smallest absolute Gasteiger partial charge is 0.240 e. The summed E-state index contributed by atoms with van der Waals surface area (Å²) in [5, 5.41) is 4.27. The molecule has 0 bridgehead atoms. The number of rotatable bonds is 5. The molecule has 1 N–H and O–H groups in total. The van der Waals surface area contributed by atoms with E-state index in [1.165, 1.54) is 0 Å². The summed E-state index contributed by atoms with van der Waals surface area (Å²) in [7, 11) is 2.06. The van der Waals surface area contributed by atoms with Crippen molar-refractivity contribution in [2.45, 2.75) is 19.0 Å². The third-order valence-electron chi connectivity index (χ3n) is 5.05. The number of aromatic nitrogens is 3. The van der Waals surface area contributed by atoms with Crippen LogP contribution in [0.3, 0.4) is 0 Å². The van der Waals surface area contributed by atoms with Crippen LogP contribution in [-0.2, 0) is 11.3 Å². The van der Waals surface area contributed by atoms with Crippen LogP contribution in [0.2, 0.25) is 10.0 Å². The fourth-order valence-corrected chi connectivity index (χ4v) is 3.99. The predicted octanol–water partition coefficient (Wildman–Crippen LogP) is 3.74. The van der Waals surface area contributed by atoms with Gasteiger partial charge in [-0.1, -0.05) is 35.3 Å². The summed E-state index contributed by atoms with van der Waals surface area (Å²) < 4.78 is 1.83. The average molecular weight is 430 g/mol. The molecule has 1 aliphatic heterocycles.